The van der Waals surface area contributed by atoms with Gasteiger partial charge in [0.05, 0.1) is 0 Å². The van der Waals surface area contributed by atoms with Gasteiger partial charge in [0.2, 0.25) is 0 Å². The Morgan fingerprint density at radius 3 is 0.562 bits per heavy atom. The summed E-state index contributed by atoms with van der Waals surface area (Å²) >= 11 is 0. The summed E-state index contributed by atoms with van der Waals surface area (Å²) < 4.78 is 136. The maximum Gasteiger partial charge on any atom is 0.479 e. The first-order valence-electron chi connectivity index (χ1n) is 30.1. The summed E-state index contributed by atoms with van der Waals surface area (Å²) in [6, 6.07) is 7.28. The molecular formula is C49H120O18Si13. The van der Waals surface area contributed by atoms with E-state index >= 15 is 0 Å². The fourth-order valence-corrected chi connectivity index (χ4v) is 79.0. The summed E-state index contributed by atoms with van der Waals surface area (Å²) in [5, 5.41) is 0. The molecule has 0 aromatic carbocycles. The van der Waals surface area contributed by atoms with E-state index in [1.807, 2.05) is 0 Å². The van der Waals surface area contributed by atoms with Gasteiger partial charge >= 0.3 is 87.3 Å². The van der Waals surface area contributed by atoms with Gasteiger partial charge in [-0.25, -0.2) is 0 Å². The van der Waals surface area contributed by atoms with Crippen LogP contribution in [0.4, 0.5) is 0 Å². The molecule has 0 atom stereocenters. The fourth-order valence-electron chi connectivity index (χ4n) is 10.8. The first-order chi connectivity index (χ1) is 36.4. The number of hydrogen-bond acceptors (Lipinski definition) is 18. The Labute approximate surface area is 503 Å². The van der Waals surface area contributed by atoms with E-state index < -0.39 is 112 Å². The van der Waals surface area contributed by atoms with Crippen LogP contribution in [0, 0.1) is 41.4 Å². The number of hydrogen-bond donors (Lipinski definition) is 0. The van der Waals surface area contributed by atoms with E-state index in [-0.39, 0.29) is 41.4 Å². The van der Waals surface area contributed by atoms with E-state index in [1.54, 1.807) is 42.7 Å². The molecule has 0 aliphatic carbocycles. The van der Waals surface area contributed by atoms with Crippen LogP contribution in [0.1, 0.15) is 96.9 Å². The van der Waals surface area contributed by atoms with E-state index in [1.165, 1.54) is 0 Å². The molecule has 0 radical (unpaired) electrons. The minimum absolute atomic E-state index is 0.0204. The summed E-state index contributed by atoms with van der Waals surface area (Å²) in [6.45, 7) is 50.8. The van der Waals surface area contributed by atoms with Crippen LogP contribution in [0.15, 0.2) is 0 Å². The van der Waals surface area contributed by atoms with Gasteiger partial charge in [0.15, 0.2) is 25.0 Å². The Kier molecular flexibility index (Phi) is 28.5. The van der Waals surface area contributed by atoms with Crippen molar-refractivity contribution < 1.29 is 75.9 Å². The Bertz CT molecular complexity index is 1660. The average Bonchev–Trinajstić information content (AvgIpc) is 3.25. The molecule has 18 nitrogen and oxygen atoms in total. The zero-order valence-corrected chi connectivity index (χ0v) is 69.1. The second kappa shape index (κ2) is 29.8. The SMILES string of the molecule is CO[Si](C)(CC[Si](C)(C)O[Si]1(CC(C)C)O[Si]2(CC(C)C)O[Si](CC(C)C)(O[Si](C)(C)CC[Si](C)(OC)OC)O[Si]3(CC(C)C)O[Si](CC(C)C)(O[Si](C)(C)CC[Si](C)(OC)OC)O[Si](CC(C)C)(O1)O[Si](CC(C)C)(O2)O3)OC. The van der Waals surface area contributed by atoms with Gasteiger partial charge in [-0.2, -0.15) is 0 Å². The Balaban J connectivity index is 2.86. The maximum atomic E-state index is 8.38. The van der Waals surface area contributed by atoms with Crippen LogP contribution in [-0.2, 0) is 75.9 Å². The highest BCUT2D eigenvalue weighted by atomic mass is 28.6. The molecule has 3 heterocycles. The van der Waals surface area contributed by atoms with Gasteiger partial charge in [-0.3, -0.25) is 0 Å². The van der Waals surface area contributed by atoms with Crippen LogP contribution in [0.5, 0.6) is 0 Å². The minimum Gasteiger partial charge on any atom is -0.416 e. The van der Waals surface area contributed by atoms with Crippen LogP contribution >= 0.6 is 0 Å². The summed E-state index contributed by atoms with van der Waals surface area (Å²) in [7, 11) is -35.4. The van der Waals surface area contributed by atoms with Gasteiger partial charge in [0, 0.05) is 85.0 Å². The van der Waals surface area contributed by atoms with E-state index in [0.717, 1.165) is 36.3 Å². The largest absolute Gasteiger partial charge is 0.479 e. The van der Waals surface area contributed by atoms with E-state index in [2.05, 4.69) is 156 Å². The average molecular weight is 1360 g/mol. The van der Waals surface area contributed by atoms with Crippen molar-refractivity contribution in [1.29, 1.82) is 0 Å². The highest BCUT2D eigenvalue weighted by Crippen LogP contribution is 2.53. The third-order valence-corrected chi connectivity index (χ3v) is 71.3. The molecule has 31 heteroatoms. The molecule has 3 fully saturated rings. The molecule has 0 N–H and O–H groups in total. The van der Waals surface area contributed by atoms with Gasteiger partial charge in [-0.05, 0) is 137 Å². The van der Waals surface area contributed by atoms with Crippen LogP contribution in [-0.4, -0.2) is 155 Å². The molecule has 3 saturated heterocycles. The van der Waals surface area contributed by atoms with Gasteiger partial charge < -0.3 is 75.9 Å². The van der Waals surface area contributed by atoms with Gasteiger partial charge in [0.25, 0.3) is 0 Å². The lowest BCUT2D eigenvalue weighted by atomic mass is 10.3. The molecule has 3 aliphatic heterocycles. The van der Waals surface area contributed by atoms with Gasteiger partial charge in [0.1, 0.15) is 0 Å². The first kappa shape index (κ1) is 76.3. The standard InChI is InChI=1S/C49H120O18Si13/c1-43(2)36-74(56-68(21,22)30-33-71(27,50-15)51-16)59-77(39-46(7)8)61-75(37-44(3)4,57-69(23,24)31-34-72(28,52-17)53-18)63-79(41-48(11)12)64-76(38-45(5)6,58-70(25,26)32-35-73(29,54-19)55-20)62-78(60-74,40-47(9)10)66-80(65-77,67-79)42-49(13)14/h43-49H,30-42H2,1-29H3. The Morgan fingerprint density at radius 1 is 0.250 bits per heavy atom. The van der Waals surface area contributed by atoms with E-state index in [4.69, 9.17) is 75.9 Å². The normalized spacial score (nSPS) is 29.9. The van der Waals surface area contributed by atoms with Crippen LogP contribution in [0.25, 0.3) is 0 Å². The molecule has 3 aliphatic rings. The Hall–Kier alpha value is 2.10. The topological polar surface area (TPSA) is 166 Å². The molecule has 0 amide bonds. The van der Waals surface area contributed by atoms with Gasteiger partial charge in [-0.15, -0.1) is 0 Å². The predicted octanol–water partition coefficient (Wildman–Crippen LogP) is 14.1. The second-order valence-electron chi connectivity index (χ2n) is 28.6. The molecule has 0 unspecified atom stereocenters. The van der Waals surface area contributed by atoms with Crippen molar-refractivity contribution in [3.63, 3.8) is 0 Å². The minimum atomic E-state index is -4.28. The van der Waals surface area contributed by atoms with Crippen molar-refractivity contribution in [2.45, 2.75) is 234 Å². The number of fused-ring (bicyclic) bond motifs is 3. The smallest absolute Gasteiger partial charge is 0.416 e. The third kappa shape index (κ3) is 22.8. The van der Waals surface area contributed by atoms with E-state index in [0.29, 0.717) is 42.3 Å². The molecule has 0 spiro atoms. The van der Waals surface area contributed by atoms with Crippen LogP contribution in [0.3, 0.4) is 0 Å². The molecule has 0 saturated carbocycles. The van der Waals surface area contributed by atoms with Crippen LogP contribution in [0.2, 0.25) is 137 Å². The lowest BCUT2D eigenvalue weighted by Crippen LogP contribution is -2.84. The second-order valence-corrected chi connectivity index (χ2v) is 73.6. The summed E-state index contributed by atoms with van der Waals surface area (Å²) in [6.07, 6.45) is 0. The monoisotopic (exact) mass is 1360 g/mol. The first-order valence-corrected chi connectivity index (χ1v) is 60.5. The molecule has 80 heavy (non-hydrogen) atoms. The zero-order valence-electron chi connectivity index (χ0n) is 56.1. The van der Waals surface area contributed by atoms with Crippen molar-refractivity contribution in [2.75, 3.05) is 42.7 Å². The fraction of sp³-hybridized carbons (Fsp3) is 1.00. The zero-order chi connectivity index (χ0) is 61.5. The summed E-state index contributed by atoms with van der Waals surface area (Å²) in [5.74, 6) is 0.200. The lowest BCUT2D eigenvalue weighted by molar-refractivity contribution is 0.00635. The summed E-state index contributed by atoms with van der Waals surface area (Å²) in [4.78, 5) is 0. The highest BCUT2D eigenvalue weighted by molar-refractivity contribution is 7.01. The molecule has 0 aromatic rings. The molecular weight excluding hydrogens is 1240 g/mol. The summed E-state index contributed by atoms with van der Waals surface area (Å²) in [5.41, 5.74) is 0. The molecule has 4 bridgehead atoms. The van der Waals surface area contributed by atoms with Crippen molar-refractivity contribution in [2.24, 2.45) is 41.4 Å². The quantitative estimate of drug-likeness (QED) is 0.0549. The molecule has 476 valence electrons. The lowest BCUT2D eigenvalue weighted by Gasteiger charge is -2.60. The van der Waals surface area contributed by atoms with Crippen molar-refractivity contribution >= 4 is 112 Å². The van der Waals surface area contributed by atoms with Gasteiger partial charge in [-0.1, -0.05) is 96.9 Å². The Morgan fingerprint density at radius 2 is 0.412 bits per heavy atom. The third-order valence-electron chi connectivity index (χ3n) is 14.8. The van der Waals surface area contributed by atoms with Crippen LogP contribution < -0.4 is 0 Å². The van der Waals surface area contributed by atoms with Crippen molar-refractivity contribution in [3.8, 4) is 0 Å². The number of rotatable bonds is 35. The van der Waals surface area contributed by atoms with E-state index in [9.17, 15) is 0 Å². The van der Waals surface area contributed by atoms with Crippen molar-refractivity contribution in [3.05, 3.63) is 0 Å². The maximum absolute atomic E-state index is 8.38. The highest BCUT2D eigenvalue weighted by Gasteiger charge is 2.79. The molecule has 3 rings (SSSR count). The molecule has 0 aromatic heterocycles. The van der Waals surface area contributed by atoms with Crippen molar-refractivity contribution in [1.82, 2.24) is 0 Å². The predicted molar refractivity (Wildman–Crippen MR) is 349 cm³/mol.